The number of carbonyl (C=O) groups is 2. The van der Waals surface area contributed by atoms with Crippen LogP contribution in [0.2, 0.25) is 0 Å². The first kappa shape index (κ1) is 20.3. The zero-order valence-electron chi connectivity index (χ0n) is 13.3. The van der Waals surface area contributed by atoms with E-state index < -0.39 is 5.91 Å². The second-order valence-corrected chi connectivity index (χ2v) is 4.66. The second-order valence-electron chi connectivity index (χ2n) is 4.66. The molecule has 0 aromatic rings. The topological polar surface area (TPSA) is 72.2 Å². The summed E-state index contributed by atoms with van der Waals surface area (Å²) in [6.45, 7) is 8.36. The van der Waals surface area contributed by atoms with E-state index in [4.69, 9.17) is 5.73 Å². The summed E-state index contributed by atoms with van der Waals surface area (Å²) in [4.78, 5) is 22.0. The molecule has 1 aliphatic rings. The fourth-order valence-corrected chi connectivity index (χ4v) is 1.49. The predicted octanol–water partition coefficient (Wildman–Crippen LogP) is 2.86. The zero-order chi connectivity index (χ0) is 15.3. The molecule has 3 N–H and O–H groups in total. The van der Waals surface area contributed by atoms with Crippen LogP contribution in [0.5, 0.6) is 0 Å². The van der Waals surface area contributed by atoms with Crippen LogP contribution < -0.4 is 11.1 Å². The van der Waals surface area contributed by atoms with E-state index in [0.717, 1.165) is 6.42 Å². The van der Waals surface area contributed by atoms with Crippen molar-refractivity contribution in [3.05, 3.63) is 0 Å². The van der Waals surface area contributed by atoms with Gasteiger partial charge in [-0.1, -0.05) is 53.4 Å². The number of rotatable bonds is 6. The lowest BCUT2D eigenvalue weighted by atomic mass is 9.97. The summed E-state index contributed by atoms with van der Waals surface area (Å²) in [5.41, 5.74) is 5.06. The molecule has 0 radical (unpaired) electrons. The Hall–Kier alpha value is -1.06. The minimum Gasteiger partial charge on any atom is -0.370 e. The average Bonchev–Trinajstić information content (AvgIpc) is 3.23. The lowest BCUT2D eigenvalue weighted by Crippen LogP contribution is -2.31. The first-order valence-electron chi connectivity index (χ1n) is 7.54. The van der Waals surface area contributed by atoms with Crippen LogP contribution >= 0.6 is 0 Å². The van der Waals surface area contributed by atoms with Crippen molar-refractivity contribution >= 4 is 11.8 Å². The minimum atomic E-state index is -0.394. The normalized spacial score (nSPS) is 14.2. The Morgan fingerprint density at radius 1 is 1.21 bits per heavy atom. The maximum Gasteiger partial charge on any atom is 0.223 e. The van der Waals surface area contributed by atoms with Gasteiger partial charge < -0.3 is 11.1 Å². The quantitative estimate of drug-likeness (QED) is 0.780. The summed E-state index contributed by atoms with van der Waals surface area (Å²) in [5.74, 6) is -0.0309. The summed E-state index contributed by atoms with van der Waals surface area (Å²) in [5, 5.41) is 2.56. The Morgan fingerprint density at radius 3 is 1.95 bits per heavy atom. The first-order valence-corrected chi connectivity index (χ1v) is 7.54. The highest BCUT2D eigenvalue weighted by Gasteiger charge is 2.29. The summed E-state index contributed by atoms with van der Waals surface area (Å²) in [7, 11) is 1.59. The van der Waals surface area contributed by atoms with Gasteiger partial charge in [0.05, 0.1) is 0 Å². The van der Waals surface area contributed by atoms with Gasteiger partial charge in [-0.05, 0) is 12.3 Å². The van der Waals surface area contributed by atoms with Crippen molar-refractivity contribution < 1.29 is 9.59 Å². The molecule has 2 amide bonds. The average molecular weight is 272 g/mol. The van der Waals surface area contributed by atoms with Crippen molar-refractivity contribution in [2.75, 3.05) is 7.05 Å². The molecular formula is C15H32N2O2. The van der Waals surface area contributed by atoms with Crippen LogP contribution in [0.3, 0.4) is 0 Å². The van der Waals surface area contributed by atoms with Crippen molar-refractivity contribution in [1.29, 1.82) is 0 Å². The predicted molar refractivity (Wildman–Crippen MR) is 80.6 cm³/mol. The minimum absolute atomic E-state index is 0.0642. The highest BCUT2D eigenvalue weighted by Crippen LogP contribution is 2.36. The molecule has 114 valence electrons. The third kappa shape index (κ3) is 13.2. The molecule has 0 spiro atoms. The molecule has 0 aliphatic heterocycles. The maximum atomic E-state index is 11.3. The SMILES string of the molecule is CC.CCCC.CNC(=O)C(CC(N)=O)CC1CC1. The number of carbonyl (C=O) groups excluding carboxylic acids is 2. The molecule has 1 saturated carbocycles. The number of nitrogens with two attached hydrogens (primary N) is 1. The Labute approximate surface area is 118 Å². The fraction of sp³-hybridized carbons (Fsp3) is 0.867. The van der Waals surface area contributed by atoms with Crippen molar-refractivity contribution in [2.24, 2.45) is 17.6 Å². The molecule has 0 saturated heterocycles. The third-order valence-electron chi connectivity index (χ3n) is 2.88. The number of unbranched alkanes of at least 4 members (excludes halogenated alkanes) is 1. The van der Waals surface area contributed by atoms with Crippen molar-refractivity contribution in [2.45, 2.75) is 66.2 Å². The van der Waals surface area contributed by atoms with Crippen LogP contribution in [0.25, 0.3) is 0 Å². The van der Waals surface area contributed by atoms with Crippen LogP contribution in [-0.2, 0) is 9.59 Å². The molecular weight excluding hydrogens is 240 g/mol. The fourth-order valence-electron chi connectivity index (χ4n) is 1.49. The van der Waals surface area contributed by atoms with Gasteiger partial charge >= 0.3 is 0 Å². The van der Waals surface area contributed by atoms with Crippen LogP contribution in [0, 0.1) is 11.8 Å². The van der Waals surface area contributed by atoms with Crippen LogP contribution in [0.4, 0.5) is 0 Å². The molecule has 1 aliphatic carbocycles. The number of hydrogen-bond donors (Lipinski definition) is 2. The van der Waals surface area contributed by atoms with Gasteiger partial charge in [0.2, 0.25) is 11.8 Å². The maximum absolute atomic E-state index is 11.3. The van der Waals surface area contributed by atoms with Gasteiger partial charge in [-0.25, -0.2) is 0 Å². The van der Waals surface area contributed by atoms with Crippen LogP contribution in [0.15, 0.2) is 0 Å². The highest BCUT2D eigenvalue weighted by atomic mass is 16.2. The van der Waals surface area contributed by atoms with E-state index in [2.05, 4.69) is 19.2 Å². The lowest BCUT2D eigenvalue weighted by Gasteiger charge is -2.12. The summed E-state index contributed by atoms with van der Waals surface area (Å²) < 4.78 is 0. The van der Waals surface area contributed by atoms with E-state index in [0.29, 0.717) is 5.92 Å². The van der Waals surface area contributed by atoms with Crippen LogP contribution in [-0.4, -0.2) is 18.9 Å². The molecule has 4 nitrogen and oxygen atoms in total. The van der Waals surface area contributed by atoms with E-state index >= 15 is 0 Å². The smallest absolute Gasteiger partial charge is 0.223 e. The van der Waals surface area contributed by atoms with Crippen LogP contribution in [0.1, 0.15) is 66.2 Å². The van der Waals surface area contributed by atoms with E-state index in [1.807, 2.05) is 13.8 Å². The van der Waals surface area contributed by atoms with Gasteiger partial charge in [-0.15, -0.1) is 0 Å². The molecule has 0 aromatic heterocycles. The van der Waals surface area contributed by atoms with Gasteiger partial charge in [-0.2, -0.15) is 0 Å². The van der Waals surface area contributed by atoms with E-state index in [1.165, 1.54) is 25.7 Å². The first-order chi connectivity index (χ1) is 9.04. The standard InChI is InChI=1S/C9H16N2O2.C4H10.C2H6/c1-11-9(13)7(5-8(10)12)4-6-2-3-6;1-3-4-2;1-2/h6-7H,2-5H2,1H3,(H2,10,12)(H,11,13);3-4H2,1-2H3;1-2H3. The van der Waals surface area contributed by atoms with Crippen molar-refractivity contribution in [3.8, 4) is 0 Å². The summed E-state index contributed by atoms with van der Waals surface area (Å²) in [6.07, 6.45) is 6.00. The molecule has 4 heteroatoms. The number of primary amides is 1. The lowest BCUT2D eigenvalue weighted by molar-refractivity contribution is -0.129. The molecule has 0 heterocycles. The number of amides is 2. The Morgan fingerprint density at radius 2 is 1.68 bits per heavy atom. The highest BCUT2D eigenvalue weighted by molar-refractivity contribution is 5.84. The monoisotopic (exact) mass is 272 g/mol. The second kappa shape index (κ2) is 13.4. The Bertz CT molecular complexity index is 236. The Kier molecular flexibility index (Phi) is 14.3. The molecule has 1 atom stereocenters. The van der Waals surface area contributed by atoms with Gasteiger partial charge in [0.15, 0.2) is 0 Å². The zero-order valence-corrected chi connectivity index (χ0v) is 13.3. The van der Waals surface area contributed by atoms with Gasteiger partial charge in [0.1, 0.15) is 0 Å². The van der Waals surface area contributed by atoms with E-state index in [9.17, 15) is 9.59 Å². The largest absolute Gasteiger partial charge is 0.370 e. The molecule has 19 heavy (non-hydrogen) atoms. The Balaban J connectivity index is 0. The van der Waals surface area contributed by atoms with Crippen molar-refractivity contribution in [3.63, 3.8) is 0 Å². The molecule has 1 rings (SSSR count). The van der Waals surface area contributed by atoms with Gasteiger partial charge in [-0.3, -0.25) is 9.59 Å². The molecule has 0 aromatic carbocycles. The summed E-state index contributed by atoms with van der Waals surface area (Å²) in [6, 6.07) is 0. The third-order valence-corrected chi connectivity index (χ3v) is 2.88. The number of nitrogens with one attached hydrogen (secondary N) is 1. The van der Waals surface area contributed by atoms with E-state index in [1.54, 1.807) is 7.05 Å². The van der Waals surface area contributed by atoms with Gasteiger partial charge in [0, 0.05) is 19.4 Å². The number of hydrogen-bond acceptors (Lipinski definition) is 2. The molecule has 1 unspecified atom stereocenters. The molecule has 0 bridgehead atoms. The summed E-state index contributed by atoms with van der Waals surface area (Å²) >= 11 is 0. The van der Waals surface area contributed by atoms with Crippen molar-refractivity contribution in [1.82, 2.24) is 5.32 Å². The van der Waals surface area contributed by atoms with Gasteiger partial charge in [0.25, 0.3) is 0 Å². The van der Waals surface area contributed by atoms with E-state index in [-0.39, 0.29) is 18.2 Å². The molecule has 1 fully saturated rings.